The van der Waals surface area contributed by atoms with E-state index in [4.69, 9.17) is 4.74 Å². The van der Waals surface area contributed by atoms with Crippen LogP contribution in [0.25, 0.3) is 0 Å². The van der Waals surface area contributed by atoms with E-state index in [-0.39, 0.29) is 10.6 Å². The fourth-order valence-electron chi connectivity index (χ4n) is 1.83. The van der Waals surface area contributed by atoms with Crippen LogP contribution in [0.1, 0.15) is 12.5 Å². The number of amides is 1. The highest BCUT2D eigenvalue weighted by Crippen LogP contribution is 2.15. The second-order valence-electron chi connectivity index (χ2n) is 4.87. The van der Waals surface area contributed by atoms with E-state index in [1.807, 2.05) is 17.2 Å². The van der Waals surface area contributed by atoms with Gasteiger partial charge in [-0.3, -0.25) is 10.2 Å². The van der Waals surface area contributed by atoms with Crippen LogP contribution in [0.3, 0.4) is 0 Å². The molecule has 0 unspecified atom stereocenters. The lowest BCUT2D eigenvalue weighted by Gasteiger charge is -2.10. The van der Waals surface area contributed by atoms with Gasteiger partial charge < -0.3 is 4.74 Å². The summed E-state index contributed by atoms with van der Waals surface area (Å²) in [5, 5.41) is 0. The molecule has 0 atom stereocenters. The molecule has 1 amide bonds. The van der Waals surface area contributed by atoms with Gasteiger partial charge in [0.2, 0.25) is 0 Å². The third-order valence-electron chi connectivity index (χ3n) is 3.16. The Morgan fingerprint density at radius 2 is 1.79 bits per heavy atom. The fourth-order valence-corrected chi connectivity index (χ4v) is 2.69. The summed E-state index contributed by atoms with van der Waals surface area (Å²) in [6.45, 7) is 1.43. The highest BCUT2D eigenvalue weighted by molar-refractivity contribution is 7.89. The van der Waals surface area contributed by atoms with Gasteiger partial charge in [0.1, 0.15) is 0 Å². The summed E-state index contributed by atoms with van der Waals surface area (Å²) in [7, 11) is -3.88. The third kappa shape index (κ3) is 4.77. The van der Waals surface area contributed by atoms with Crippen molar-refractivity contribution < 1.29 is 22.3 Å². The van der Waals surface area contributed by atoms with E-state index < -0.39 is 28.4 Å². The highest BCUT2D eigenvalue weighted by atomic mass is 32.2. The first kappa shape index (κ1) is 17.9. The Labute approximate surface area is 139 Å². The van der Waals surface area contributed by atoms with Gasteiger partial charge in [-0.05, 0) is 36.2 Å². The van der Waals surface area contributed by atoms with E-state index in [2.05, 4.69) is 0 Å². The van der Waals surface area contributed by atoms with Gasteiger partial charge in [-0.2, -0.15) is 0 Å². The first-order chi connectivity index (χ1) is 11.4. The third-order valence-corrected chi connectivity index (χ3v) is 4.43. The molecule has 8 heteroatoms. The predicted molar refractivity (Wildman–Crippen MR) is 86.2 cm³/mol. The number of aryl methyl sites for hydroxylation is 1. The molecule has 6 nitrogen and oxygen atoms in total. The maximum atomic E-state index is 13.3. The first-order valence-electron chi connectivity index (χ1n) is 7.19. The van der Waals surface area contributed by atoms with E-state index >= 15 is 0 Å². The van der Waals surface area contributed by atoms with E-state index in [0.29, 0.717) is 0 Å². The minimum atomic E-state index is -3.88. The summed E-state index contributed by atoms with van der Waals surface area (Å²) in [5.74, 6) is -1.46. The smallest absolute Gasteiger partial charge is 0.272 e. The van der Waals surface area contributed by atoms with Crippen LogP contribution in [0.5, 0.6) is 5.75 Å². The Morgan fingerprint density at radius 3 is 2.42 bits per heavy atom. The van der Waals surface area contributed by atoms with Gasteiger partial charge in [-0.1, -0.05) is 31.2 Å². The van der Waals surface area contributed by atoms with Crippen LogP contribution >= 0.6 is 0 Å². The summed E-state index contributed by atoms with van der Waals surface area (Å²) < 4.78 is 42.4. The molecule has 0 aromatic heterocycles. The van der Waals surface area contributed by atoms with Crippen molar-refractivity contribution in [1.82, 2.24) is 10.3 Å². The second kappa shape index (κ2) is 7.89. The van der Waals surface area contributed by atoms with Crippen molar-refractivity contribution in [2.24, 2.45) is 0 Å². The van der Waals surface area contributed by atoms with Crippen LogP contribution in [-0.4, -0.2) is 20.9 Å². The molecule has 0 heterocycles. The summed E-state index contributed by atoms with van der Waals surface area (Å²) >= 11 is 0. The predicted octanol–water partition coefficient (Wildman–Crippen LogP) is 1.78. The van der Waals surface area contributed by atoms with E-state index in [9.17, 15) is 17.6 Å². The van der Waals surface area contributed by atoms with Crippen molar-refractivity contribution in [2.75, 3.05) is 6.61 Å². The second-order valence-corrected chi connectivity index (χ2v) is 6.55. The number of rotatable bonds is 7. The molecular formula is C16H17FN2O4S. The Bertz CT molecular complexity index is 807. The molecule has 0 aliphatic heterocycles. The zero-order chi connectivity index (χ0) is 17.6. The molecule has 2 aromatic rings. The summed E-state index contributed by atoms with van der Waals surface area (Å²) in [6, 6.07) is 11.9. The largest absolute Gasteiger partial charge is 0.481 e. The number of ether oxygens (including phenoxy) is 1. The van der Waals surface area contributed by atoms with Crippen LogP contribution in [0, 0.1) is 5.82 Å². The normalized spacial score (nSPS) is 11.1. The lowest BCUT2D eigenvalue weighted by atomic mass is 10.2. The summed E-state index contributed by atoms with van der Waals surface area (Å²) in [5.41, 5.74) is 3.01. The summed E-state index contributed by atoms with van der Waals surface area (Å²) in [4.78, 5) is 13.6. The topological polar surface area (TPSA) is 84.5 Å². The van der Waals surface area contributed by atoms with Crippen molar-refractivity contribution in [3.05, 3.63) is 59.9 Å². The zero-order valence-corrected chi connectivity index (χ0v) is 13.8. The van der Waals surface area contributed by atoms with Crippen LogP contribution in [0.2, 0.25) is 0 Å². The number of sulfonamides is 1. The van der Waals surface area contributed by atoms with Gasteiger partial charge in [-0.25, -0.2) is 12.8 Å². The standard InChI is InChI=1S/C16H17FN2O4S/c1-2-12-7-9-13(10-8-12)24(21,22)19-18-16(20)11-23-15-6-4-3-5-14(15)17/h3-10,19H,2,11H2,1H3,(H,18,20). The SMILES string of the molecule is CCc1ccc(S(=O)(=O)NNC(=O)COc2ccccc2F)cc1. The van der Waals surface area contributed by atoms with Crippen molar-refractivity contribution in [2.45, 2.75) is 18.2 Å². The molecule has 128 valence electrons. The maximum absolute atomic E-state index is 13.3. The number of hydrogen-bond acceptors (Lipinski definition) is 4. The first-order valence-corrected chi connectivity index (χ1v) is 8.67. The number of hydrogen-bond donors (Lipinski definition) is 2. The molecule has 0 fully saturated rings. The van der Waals surface area contributed by atoms with E-state index in [1.165, 1.54) is 30.3 Å². The monoisotopic (exact) mass is 352 g/mol. The average Bonchev–Trinajstić information content (AvgIpc) is 2.59. The van der Waals surface area contributed by atoms with Crippen molar-refractivity contribution >= 4 is 15.9 Å². The Morgan fingerprint density at radius 1 is 1.12 bits per heavy atom. The molecule has 2 N–H and O–H groups in total. The molecule has 0 saturated carbocycles. The van der Waals surface area contributed by atoms with Crippen LogP contribution in [-0.2, 0) is 21.2 Å². The minimum absolute atomic E-state index is 0.0232. The Hall–Kier alpha value is -2.45. The van der Waals surface area contributed by atoms with Gasteiger partial charge in [0.15, 0.2) is 18.2 Å². The van der Waals surface area contributed by atoms with E-state index in [0.717, 1.165) is 12.0 Å². The lowest BCUT2D eigenvalue weighted by molar-refractivity contribution is -0.123. The molecule has 2 aromatic carbocycles. The highest BCUT2D eigenvalue weighted by Gasteiger charge is 2.15. The van der Waals surface area contributed by atoms with Gasteiger partial charge >= 0.3 is 0 Å². The molecule has 0 spiro atoms. The quantitative estimate of drug-likeness (QED) is 0.744. The van der Waals surface area contributed by atoms with Crippen molar-refractivity contribution in [1.29, 1.82) is 0 Å². The molecular weight excluding hydrogens is 335 g/mol. The maximum Gasteiger partial charge on any atom is 0.272 e. The number of carbonyl (C=O) groups is 1. The lowest BCUT2D eigenvalue weighted by Crippen LogP contribution is -2.43. The number of halogens is 1. The van der Waals surface area contributed by atoms with Crippen LogP contribution in [0.4, 0.5) is 4.39 Å². The van der Waals surface area contributed by atoms with Gasteiger partial charge in [0, 0.05) is 0 Å². The molecule has 0 aliphatic carbocycles. The average molecular weight is 352 g/mol. The van der Waals surface area contributed by atoms with Crippen LogP contribution in [0.15, 0.2) is 53.4 Å². The summed E-state index contributed by atoms with van der Waals surface area (Å²) in [6.07, 6.45) is 0.790. The molecule has 24 heavy (non-hydrogen) atoms. The Balaban J connectivity index is 1.89. The number of hydrazine groups is 1. The van der Waals surface area contributed by atoms with E-state index in [1.54, 1.807) is 18.2 Å². The van der Waals surface area contributed by atoms with Crippen LogP contribution < -0.4 is 15.0 Å². The van der Waals surface area contributed by atoms with Gasteiger partial charge in [0.25, 0.3) is 15.9 Å². The number of benzene rings is 2. The molecule has 2 rings (SSSR count). The zero-order valence-electron chi connectivity index (χ0n) is 13.0. The molecule has 0 saturated heterocycles. The molecule has 0 bridgehead atoms. The van der Waals surface area contributed by atoms with Gasteiger partial charge in [0.05, 0.1) is 4.90 Å². The number of carbonyl (C=O) groups excluding carboxylic acids is 1. The fraction of sp³-hybridized carbons (Fsp3) is 0.188. The van der Waals surface area contributed by atoms with Crippen molar-refractivity contribution in [3.63, 3.8) is 0 Å². The Kier molecular flexibility index (Phi) is 5.88. The van der Waals surface area contributed by atoms with Gasteiger partial charge in [-0.15, -0.1) is 4.83 Å². The number of nitrogens with one attached hydrogen (secondary N) is 2. The molecule has 0 aliphatic rings. The molecule has 0 radical (unpaired) electrons. The minimum Gasteiger partial charge on any atom is -0.481 e. The van der Waals surface area contributed by atoms with Crippen molar-refractivity contribution in [3.8, 4) is 5.75 Å². The number of para-hydroxylation sites is 1.